The molecule has 2 aromatic rings. The second-order valence-electron chi connectivity index (χ2n) is 5.36. The predicted octanol–water partition coefficient (Wildman–Crippen LogP) is 4.13. The van der Waals surface area contributed by atoms with Gasteiger partial charge < -0.3 is 10.5 Å². The SMILES string of the molecule is C[C@@H](N)c1cc(F)ccc1Oc1ccc2c(c1)CCC2. The van der Waals surface area contributed by atoms with Gasteiger partial charge in [-0.15, -0.1) is 0 Å². The smallest absolute Gasteiger partial charge is 0.132 e. The summed E-state index contributed by atoms with van der Waals surface area (Å²) in [5, 5.41) is 0. The molecule has 2 N–H and O–H groups in total. The van der Waals surface area contributed by atoms with E-state index in [-0.39, 0.29) is 11.9 Å². The Morgan fingerprint density at radius 1 is 1.10 bits per heavy atom. The van der Waals surface area contributed by atoms with Crippen LogP contribution in [0.5, 0.6) is 11.5 Å². The molecular weight excluding hydrogens is 253 g/mol. The lowest BCUT2D eigenvalue weighted by Crippen LogP contribution is -2.07. The van der Waals surface area contributed by atoms with Crippen molar-refractivity contribution in [2.75, 3.05) is 0 Å². The third kappa shape index (κ3) is 2.54. The van der Waals surface area contributed by atoms with Gasteiger partial charge in [-0.1, -0.05) is 6.07 Å². The van der Waals surface area contributed by atoms with E-state index in [0.29, 0.717) is 11.3 Å². The Hall–Kier alpha value is -1.87. The van der Waals surface area contributed by atoms with Crippen LogP contribution in [0.3, 0.4) is 0 Å². The van der Waals surface area contributed by atoms with Crippen LogP contribution in [0.1, 0.15) is 36.1 Å². The van der Waals surface area contributed by atoms with Gasteiger partial charge in [0.15, 0.2) is 0 Å². The fourth-order valence-electron chi connectivity index (χ4n) is 2.71. The summed E-state index contributed by atoms with van der Waals surface area (Å²) in [5.41, 5.74) is 9.33. The lowest BCUT2D eigenvalue weighted by atomic mass is 10.1. The maximum absolute atomic E-state index is 13.3. The Kier molecular flexibility index (Phi) is 3.45. The summed E-state index contributed by atoms with van der Waals surface area (Å²) in [7, 11) is 0. The molecule has 0 unspecified atom stereocenters. The van der Waals surface area contributed by atoms with Crippen molar-refractivity contribution in [1.29, 1.82) is 0 Å². The molecule has 0 amide bonds. The van der Waals surface area contributed by atoms with E-state index >= 15 is 0 Å². The topological polar surface area (TPSA) is 35.2 Å². The molecule has 0 aromatic heterocycles. The number of halogens is 1. The van der Waals surface area contributed by atoms with Crippen molar-refractivity contribution in [1.82, 2.24) is 0 Å². The summed E-state index contributed by atoms with van der Waals surface area (Å²) < 4.78 is 19.2. The number of ether oxygens (including phenoxy) is 1. The van der Waals surface area contributed by atoms with Crippen LogP contribution in [0.2, 0.25) is 0 Å². The molecule has 0 radical (unpaired) electrons. The molecule has 3 rings (SSSR count). The molecule has 0 saturated heterocycles. The predicted molar refractivity (Wildman–Crippen MR) is 77.5 cm³/mol. The van der Waals surface area contributed by atoms with Crippen LogP contribution >= 0.6 is 0 Å². The highest BCUT2D eigenvalue weighted by Gasteiger charge is 2.14. The van der Waals surface area contributed by atoms with Gasteiger partial charge in [-0.25, -0.2) is 4.39 Å². The number of rotatable bonds is 3. The van der Waals surface area contributed by atoms with E-state index in [9.17, 15) is 4.39 Å². The van der Waals surface area contributed by atoms with Crippen LogP contribution in [0.25, 0.3) is 0 Å². The second-order valence-corrected chi connectivity index (χ2v) is 5.36. The third-order valence-electron chi connectivity index (χ3n) is 3.76. The average Bonchev–Trinajstić information content (AvgIpc) is 2.88. The Balaban J connectivity index is 1.91. The van der Waals surface area contributed by atoms with Crippen LogP contribution in [0.15, 0.2) is 36.4 Å². The van der Waals surface area contributed by atoms with E-state index in [4.69, 9.17) is 10.5 Å². The van der Waals surface area contributed by atoms with E-state index in [2.05, 4.69) is 12.1 Å². The van der Waals surface area contributed by atoms with Crippen molar-refractivity contribution in [3.8, 4) is 11.5 Å². The Morgan fingerprint density at radius 2 is 1.90 bits per heavy atom. The zero-order valence-corrected chi connectivity index (χ0v) is 11.5. The van der Waals surface area contributed by atoms with Gasteiger partial charge in [-0.2, -0.15) is 0 Å². The molecule has 0 aliphatic heterocycles. The molecule has 104 valence electrons. The van der Waals surface area contributed by atoms with E-state index in [1.807, 2.05) is 13.0 Å². The first-order chi connectivity index (χ1) is 9.63. The molecule has 1 aliphatic rings. The molecule has 20 heavy (non-hydrogen) atoms. The number of hydrogen-bond acceptors (Lipinski definition) is 2. The van der Waals surface area contributed by atoms with Crippen LogP contribution in [0.4, 0.5) is 4.39 Å². The van der Waals surface area contributed by atoms with Crippen LogP contribution in [-0.2, 0) is 12.8 Å². The fraction of sp³-hybridized carbons (Fsp3) is 0.294. The van der Waals surface area contributed by atoms with Crippen molar-refractivity contribution in [2.24, 2.45) is 5.73 Å². The van der Waals surface area contributed by atoms with E-state index < -0.39 is 0 Å². The van der Waals surface area contributed by atoms with Crippen LogP contribution in [0, 0.1) is 5.82 Å². The minimum absolute atomic E-state index is 0.268. The van der Waals surface area contributed by atoms with E-state index in [1.165, 1.54) is 29.7 Å². The summed E-state index contributed by atoms with van der Waals surface area (Å²) >= 11 is 0. The van der Waals surface area contributed by atoms with Gasteiger partial charge in [-0.05, 0) is 67.6 Å². The summed E-state index contributed by atoms with van der Waals surface area (Å²) in [6.07, 6.45) is 3.47. The molecule has 3 heteroatoms. The Morgan fingerprint density at radius 3 is 2.70 bits per heavy atom. The maximum Gasteiger partial charge on any atom is 0.132 e. The molecule has 0 bridgehead atoms. The monoisotopic (exact) mass is 271 g/mol. The first kappa shape index (κ1) is 13.1. The average molecular weight is 271 g/mol. The molecule has 0 saturated carbocycles. The molecule has 1 aliphatic carbocycles. The molecule has 2 nitrogen and oxygen atoms in total. The summed E-state index contributed by atoms with van der Waals surface area (Å²) in [6, 6.07) is 10.4. The maximum atomic E-state index is 13.3. The normalized spacial score (nSPS) is 14.9. The molecule has 0 spiro atoms. The molecule has 0 fully saturated rings. The lowest BCUT2D eigenvalue weighted by molar-refractivity contribution is 0.468. The van der Waals surface area contributed by atoms with Gasteiger partial charge in [0.05, 0.1) is 0 Å². The highest BCUT2D eigenvalue weighted by Crippen LogP contribution is 2.32. The summed E-state index contributed by atoms with van der Waals surface area (Å²) in [6.45, 7) is 1.82. The quantitative estimate of drug-likeness (QED) is 0.911. The van der Waals surface area contributed by atoms with Gasteiger partial charge in [0.1, 0.15) is 17.3 Å². The molecule has 2 aromatic carbocycles. The molecular formula is C17H18FNO. The molecule has 0 heterocycles. The number of fused-ring (bicyclic) bond motifs is 1. The van der Waals surface area contributed by atoms with Crippen molar-refractivity contribution < 1.29 is 9.13 Å². The van der Waals surface area contributed by atoms with Gasteiger partial charge in [0, 0.05) is 11.6 Å². The van der Waals surface area contributed by atoms with Crippen molar-refractivity contribution in [3.63, 3.8) is 0 Å². The number of aryl methyl sites for hydroxylation is 2. The minimum atomic E-state index is -0.293. The largest absolute Gasteiger partial charge is 0.457 e. The second kappa shape index (κ2) is 5.25. The first-order valence-corrected chi connectivity index (χ1v) is 6.98. The number of nitrogens with two attached hydrogens (primary N) is 1. The first-order valence-electron chi connectivity index (χ1n) is 6.98. The summed E-state index contributed by atoms with van der Waals surface area (Å²) in [5.74, 6) is 1.12. The van der Waals surface area contributed by atoms with E-state index in [1.54, 1.807) is 6.07 Å². The van der Waals surface area contributed by atoms with Crippen molar-refractivity contribution in [3.05, 3.63) is 58.9 Å². The Labute approximate surface area is 118 Å². The van der Waals surface area contributed by atoms with Gasteiger partial charge in [0.25, 0.3) is 0 Å². The molecule has 1 atom stereocenters. The zero-order chi connectivity index (χ0) is 14.1. The summed E-state index contributed by atoms with van der Waals surface area (Å²) in [4.78, 5) is 0. The highest BCUT2D eigenvalue weighted by atomic mass is 19.1. The lowest BCUT2D eigenvalue weighted by Gasteiger charge is -2.14. The fourth-order valence-corrected chi connectivity index (χ4v) is 2.71. The minimum Gasteiger partial charge on any atom is -0.457 e. The standard InChI is InChI=1S/C17H18FNO/c1-11(19)16-10-14(18)6-8-17(16)20-15-7-5-12-3-2-4-13(12)9-15/h5-11H,2-4,19H2,1H3/t11-/m1/s1. The Bertz CT molecular complexity index is 637. The third-order valence-corrected chi connectivity index (χ3v) is 3.76. The number of benzene rings is 2. The van der Waals surface area contributed by atoms with Gasteiger partial charge in [-0.3, -0.25) is 0 Å². The van der Waals surface area contributed by atoms with Crippen molar-refractivity contribution in [2.45, 2.75) is 32.2 Å². The zero-order valence-electron chi connectivity index (χ0n) is 11.5. The highest BCUT2D eigenvalue weighted by molar-refractivity contribution is 5.43. The van der Waals surface area contributed by atoms with Gasteiger partial charge >= 0.3 is 0 Å². The number of hydrogen-bond donors (Lipinski definition) is 1. The van der Waals surface area contributed by atoms with Gasteiger partial charge in [0.2, 0.25) is 0 Å². The van der Waals surface area contributed by atoms with Crippen LogP contribution < -0.4 is 10.5 Å². The van der Waals surface area contributed by atoms with Crippen LogP contribution in [-0.4, -0.2) is 0 Å². The van der Waals surface area contributed by atoms with E-state index in [0.717, 1.165) is 18.6 Å². The van der Waals surface area contributed by atoms with Crippen molar-refractivity contribution >= 4 is 0 Å².